The molecule has 0 bridgehead atoms. The van der Waals surface area contributed by atoms with Gasteiger partial charge in [0.15, 0.2) is 0 Å². The second kappa shape index (κ2) is 6.92. The molecular formula is C17H25N5. The first-order valence-electron chi connectivity index (χ1n) is 8.17. The largest absolute Gasteiger partial charge is 0.369 e. The van der Waals surface area contributed by atoms with Gasteiger partial charge in [0.1, 0.15) is 12.7 Å². The van der Waals surface area contributed by atoms with Gasteiger partial charge in [0, 0.05) is 38.4 Å². The van der Waals surface area contributed by atoms with Crippen LogP contribution in [-0.4, -0.2) is 52.4 Å². The third kappa shape index (κ3) is 3.30. The zero-order valence-electron chi connectivity index (χ0n) is 13.5. The molecule has 3 rings (SSSR count). The number of para-hydroxylation sites is 1. The summed E-state index contributed by atoms with van der Waals surface area (Å²) in [6, 6.07) is 9.16. The Morgan fingerprint density at radius 1 is 1.14 bits per heavy atom. The van der Waals surface area contributed by atoms with Crippen molar-refractivity contribution in [3.63, 3.8) is 0 Å². The van der Waals surface area contributed by atoms with Gasteiger partial charge < -0.3 is 4.90 Å². The van der Waals surface area contributed by atoms with Crippen molar-refractivity contribution in [1.82, 2.24) is 19.7 Å². The molecule has 0 N–H and O–H groups in total. The third-order valence-corrected chi connectivity index (χ3v) is 4.50. The average molecular weight is 299 g/mol. The van der Waals surface area contributed by atoms with E-state index in [0.29, 0.717) is 6.04 Å². The van der Waals surface area contributed by atoms with Crippen LogP contribution in [0.15, 0.2) is 36.9 Å². The zero-order chi connectivity index (χ0) is 15.4. The number of hydrogen-bond acceptors (Lipinski definition) is 4. The Kier molecular flexibility index (Phi) is 4.73. The third-order valence-electron chi connectivity index (χ3n) is 4.50. The lowest BCUT2D eigenvalue weighted by atomic mass is 10.1. The molecule has 2 aromatic rings. The van der Waals surface area contributed by atoms with Crippen LogP contribution in [-0.2, 0) is 6.42 Å². The molecule has 0 radical (unpaired) electrons. The molecule has 22 heavy (non-hydrogen) atoms. The van der Waals surface area contributed by atoms with Gasteiger partial charge in [0.25, 0.3) is 0 Å². The Hall–Kier alpha value is -1.88. The van der Waals surface area contributed by atoms with Crippen LogP contribution in [0.1, 0.15) is 25.5 Å². The van der Waals surface area contributed by atoms with Crippen LogP contribution in [0, 0.1) is 0 Å². The Labute approximate surface area is 132 Å². The molecule has 0 unspecified atom stereocenters. The maximum atomic E-state index is 4.24. The molecule has 5 heteroatoms. The van der Waals surface area contributed by atoms with Crippen molar-refractivity contribution >= 4 is 5.69 Å². The number of aryl methyl sites for hydroxylation is 1. The van der Waals surface area contributed by atoms with Gasteiger partial charge in [-0.2, -0.15) is 5.10 Å². The minimum absolute atomic E-state index is 0.372. The van der Waals surface area contributed by atoms with Gasteiger partial charge in [-0.25, -0.2) is 9.67 Å². The lowest BCUT2D eigenvalue weighted by Crippen LogP contribution is -2.48. The van der Waals surface area contributed by atoms with Gasteiger partial charge in [-0.1, -0.05) is 25.1 Å². The Morgan fingerprint density at radius 2 is 1.91 bits per heavy atom. The highest BCUT2D eigenvalue weighted by atomic mass is 15.4. The zero-order valence-corrected chi connectivity index (χ0v) is 13.5. The lowest BCUT2D eigenvalue weighted by molar-refractivity contribution is 0.219. The Morgan fingerprint density at radius 3 is 2.59 bits per heavy atom. The van der Waals surface area contributed by atoms with Crippen molar-refractivity contribution in [2.24, 2.45) is 0 Å². The van der Waals surface area contributed by atoms with Crippen LogP contribution in [0.4, 0.5) is 5.69 Å². The van der Waals surface area contributed by atoms with E-state index in [0.717, 1.165) is 39.1 Å². The number of benzene rings is 1. The average Bonchev–Trinajstić information content (AvgIpc) is 3.10. The van der Waals surface area contributed by atoms with Gasteiger partial charge >= 0.3 is 0 Å². The van der Waals surface area contributed by atoms with Crippen LogP contribution in [0.2, 0.25) is 0 Å². The molecule has 0 spiro atoms. The molecule has 1 aliphatic heterocycles. The summed E-state index contributed by atoms with van der Waals surface area (Å²) in [5.74, 6) is 0. The molecule has 1 aromatic heterocycles. The van der Waals surface area contributed by atoms with Crippen molar-refractivity contribution < 1.29 is 0 Å². The molecule has 5 nitrogen and oxygen atoms in total. The molecule has 0 amide bonds. The summed E-state index contributed by atoms with van der Waals surface area (Å²) >= 11 is 0. The monoisotopic (exact) mass is 299 g/mol. The van der Waals surface area contributed by atoms with Crippen molar-refractivity contribution in [2.45, 2.75) is 26.3 Å². The highest BCUT2D eigenvalue weighted by Crippen LogP contribution is 2.22. The van der Waals surface area contributed by atoms with E-state index in [1.807, 2.05) is 4.68 Å². The lowest BCUT2D eigenvalue weighted by Gasteiger charge is -2.37. The molecule has 1 atom stereocenters. The molecule has 2 heterocycles. The van der Waals surface area contributed by atoms with E-state index in [1.165, 1.54) is 11.3 Å². The molecular weight excluding hydrogens is 274 g/mol. The molecule has 1 saturated heterocycles. The van der Waals surface area contributed by atoms with E-state index in [1.54, 1.807) is 12.7 Å². The van der Waals surface area contributed by atoms with Crippen molar-refractivity contribution in [2.75, 3.05) is 37.6 Å². The molecule has 0 saturated carbocycles. The van der Waals surface area contributed by atoms with Gasteiger partial charge in [0.05, 0.1) is 6.04 Å². The second-order valence-electron chi connectivity index (χ2n) is 5.99. The van der Waals surface area contributed by atoms with E-state index in [4.69, 9.17) is 0 Å². The summed E-state index contributed by atoms with van der Waals surface area (Å²) in [7, 11) is 0. The molecule has 1 aromatic carbocycles. The summed E-state index contributed by atoms with van der Waals surface area (Å²) in [5.41, 5.74) is 2.86. The second-order valence-corrected chi connectivity index (χ2v) is 5.99. The molecule has 1 aliphatic rings. The first kappa shape index (κ1) is 15.0. The maximum Gasteiger partial charge on any atom is 0.137 e. The van der Waals surface area contributed by atoms with Gasteiger partial charge in [-0.05, 0) is 25.0 Å². The number of nitrogens with zero attached hydrogens (tertiary/aromatic N) is 5. The maximum absolute atomic E-state index is 4.24. The fourth-order valence-corrected chi connectivity index (χ4v) is 3.19. The quantitative estimate of drug-likeness (QED) is 0.848. The SMILES string of the molecule is CCc1ccccc1N1CCN(C[C@@H](C)n2cncn2)CC1. The summed E-state index contributed by atoms with van der Waals surface area (Å²) in [6.07, 6.45) is 4.51. The van der Waals surface area contributed by atoms with Crippen LogP contribution in [0.25, 0.3) is 0 Å². The predicted molar refractivity (Wildman–Crippen MR) is 89.2 cm³/mol. The fourth-order valence-electron chi connectivity index (χ4n) is 3.19. The van der Waals surface area contributed by atoms with Crippen molar-refractivity contribution in [3.05, 3.63) is 42.5 Å². The van der Waals surface area contributed by atoms with E-state index < -0.39 is 0 Å². The van der Waals surface area contributed by atoms with Gasteiger partial charge in [0.2, 0.25) is 0 Å². The highest BCUT2D eigenvalue weighted by Gasteiger charge is 2.20. The van der Waals surface area contributed by atoms with Crippen LogP contribution in [0.5, 0.6) is 0 Å². The fraction of sp³-hybridized carbons (Fsp3) is 0.529. The van der Waals surface area contributed by atoms with Crippen LogP contribution < -0.4 is 4.90 Å². The molecule has 1 fully saturated rings. The Balaban J connectivity index is 1.56. The topological polar surface area (TPSA) is 37.2 Å². The van der Waals surface area contributed by atoms with Crippen molar-refractivity contribution in [1.29, 1.82) is 0 Å². The van der Waals surface area contributed by atoms with E-state index >= 15 is 0 Å². The predicted octanol–water partition coefficient (Wildman–Crippen LogP) is 2.22. The normalized spacial score (nSPS) is 17.6. The molecule has 118 valence electrons. The van der Waals surface area contributed by atoms with E-state index in [-0.39, 0.29) is 0 Å². The minimum Gasteiger partial charge on any atom is -0.369 e. The summed E-state index contributed by atoms with van der Waals surface area (Å²) in [4.78, 5) is 9.08. The first-order valence-corrected chi connectivity index (χ1v) is 8.17. The number of aromatic nitrogens is 3. The van der Waals surface area contributed by atoms with E-state index in [9.17, 15) is 0 Å². The summed E-state index contributed by atoms with van der Waals surface area (Å²) in [5, 5.41) is 4.24. The van der Waals surface area contributed by atoms with Crippen LogP contribution >= 0.6 is 0 Å². The summed E-state index contributed by atoms with van der Waals surface area (Å²) < 4.78 is 1.94. The van der Waals surface area contributed by atoms with Crippen molar-refractivity contribution in [3.8, 4) is 0 Å². The standard InChI is InChI=1S/C17H25N5/c1-3-16-6-4-5-7-17(16)21-10-8-20(9-11-21)12-15(2)22-14-18-13-19-22/h4-7,13-15H,3,8-12H2,1-2H3/t15-/m1/s1. The number of rotatable bonds is 5. The van der Waals surface area contributed by atoms with Gasteiger partial charge in [-0.3, -0.25) is 4.90 Å². The number of hydrogen-bond donors (Lipinski definition) is 0. The van der Waals surface area contributed by atoms with Gasteiger partial charge in [-0.15, -0.1) is 0 Å². The smallest absolute Gasteiger partial charge is 0.137 e. The minimum atomic E-state index is 0.372. The first-order chi connectivity index (χ1) is 10.8. The molecule has 0 aliphatic carbocycles. The van der Waals surface area contributed by atoms with E-state index in [2.05, 4.69) is 58.0 Å². The highest BCUT2D eigenvalue weighted by molar-refractivity contribution is 5.54. The number of piperazine rings is 1. The van der Waals surface area contributed by atoms with Crippen LogP contribution in [0.3, 0.4) is 0 Å². The summed E-state index contributed by atoms with van der Waals surface area (Å²) in [6.45, 7) is 9.88. The number of anilines is 1. The Bertz CT molecular complexity index is 572.